The summed E-state index contributed by atoms with van der Waals surface area (Å²) < 4.78 is 5.15. The number of methoxy groups -OCH3 is 1. The zero-order valence-electron chi connectivity index (χ0n) is 13.8. The van der Waals surface area contributed by atoms with E-state index in [1.54, 1.807) is 7.11 Å². The number of hydrogen-bond donors (Lipinski definition) is 0. The van der Waals surface area contributed by atoms with Crippen molar-refractivity contribution < 1.29 is 4.74 Å². The molecule has 0 amide bonds. The van der Waals surface area contributed by atoms with Gasteiger partial charge in [-0.2, -0.15) is 0 Å². The molecule has 3 aromatic carbocycles. The van der Waals surface area contributed by atoms with E-state index < -0.39 is 0 Å². The summed E-state index contributed by atoms with van der Waals surface area (Å²) >= 11 is 0. The molecule has 25 heavy (non-hydrogen) atoms. The first-order valence-corrected chi connectivity index (χ1v) is 7.85. The van der Waals surface area contributed by atoms with Gasteiger partial charge < -0.3 is 4.74 Å². The molecule has 122 valence electrons. The van der Waals surface area contributed by atoms with Crippen LogP contribution in [0.3, 0.4) is 0 Å². The predicted molar refractivity (Wildman–Crippen MR) is 101 cm³/mol. The van der Waals surface area contributed by atoms with Gasteiger partial charge in [-0.1, -0.05) is 48.5 Å². The van der Waals surface area contributed by atoms with E-state index in [-0.39, 0.29) is 0 Å². The van der Waals surface area contributed by atoms with Crippen molar-refractivity contribution in [2.24, 2.45) is 15.2 Å². The molecule has 0 aromatic heterocycles. The van der Waals surface area contributed by atoms with Crippen LogP contribution in [0.5, 0.6) is 5.75 Å². The Morgan fingerprint density at radius 2 is 1.40 bits per heavy atom. The van der Waals surface area contributed by atoms with E-state index >= 15 is 0 Å². The normalized spacial score (nSPS) is 10.3. The number of azo groups is 1. The molecular formula is C21H17N3O. The molecule has 0 saturated heterocycles. The molecule has 0 bridgehead atoms. The summed E-state index contributed by atoms with van der Waals surface area (Å²) in [7, 11) is 1.63. The van der Waals surface area contributed by atoms with E-state index in [2.05, 4.69) is 21.1 Å². The van der Waals surface area contributed by atoms with Gasteiger partial charge in [0.1, 0.15) is 5.75 Å². The SMILES string of the molecule is COc1ccc(N=C=C(N=Nc2ccccc2)c2ccccc2)cc1. The van der Waals surface area contributed by atoms with Crippen molar-refractivity contribution in [1.82, 2.24) is 0 Å². The first-order chi connectivity index (χ1) is 12.3. The number of rotatable bonds is 5. The molecule has 4 heteroatoms. The molecule has 0 aliphatic rings. The quantitative estimate of drug-likeness (QED) is 0.430. The van der Waals surface area contributed by atoms with Crippen molar-refractivity contribution in [2.45, 2.75) is 0 Å². The number of ether oxygens (including phenoxy) is 1. The molecule has 0 fully saturated rings. The Morgan fingerprint density at radius 3 is 2.04 bits per heavy atom. The van der Waals surface area contributed by atoms with Gasteiger partial charge in [0.05, 0.1) is 18.5 Å². The molecule has 3 rings (SSSR count). The van der Waals surface area contributed by atoms with Gasteiger partial charge in [-0.25, -0.2) is 4.99 Å². The van der Waals surface area contributed by atoms with Crippen LogP contribution < -0.4 is 4.74 Å². The van der Waals surface area contributed by atoms with Gasteiger partial charge in [0.25, 0.3) is 0 Å². The molecule has 0 saturated carbocycles. The smallest absolute Gasteiger partial charge is 0.154 e. The fourth-order valence-corrected chi connectivity index (χ4v) is 2.12. The van der Waals surface area contributed by atoms with Crippen LogP contribution in [-0.2, 0) is 0 Å². The number of nitrogens with zero attached hydrogens (tertiary/aromatic N) is 3. The Balaban J connectivity index is 1.95. The van der Waals surface area contributed by atoms with E-state index in [1.165, 1.54) is 0 Å². The molecule has 0 radical (unpaired) electrons. The summed E-state index contributed by atoms with van der Waals surface area (Å²) in [6, 6.07) is 26.8. The maximum absolute atomic E-state index is 5.15. The van der Waals surface area contributed by atoms with E-state index in [1.807, 2.05) is 84.9 Å². The first kappa shape index (κ1) is 16.4. The third-order valence-corrected chi connectivity index (χ3v) is 3.43. The van der Waals surface area contributed by atoms with Crippen LogP contribution in [-0.4, -0.2) is 13.0 Å². The third kappa shape index (κ3) is 4.74. The predicted octanol–water partition coefficient (Wildman–Crippen LogP) is 5.82. The standard InChI is InChI=1S/C21H17N3O/c1-25-20-14-12-18(13-15-20)22-16-21(17-8-4-2-5-9-17)24-23-19-10-6-3-7-11-19/h2-15H,1H3. The van der Waals surface area contributed by atoms with E-state index in [0.717, 1.165) is 22.7 Å². The monoisotopic (exact) mass is 327 g/mol. The summed E-state index contributed by atoms with van der Waals surface area (Å²) in [5, 5.41) is 8.59. The highest BCUT2D eigenvalue weighted by molar-refractivity contribution is 5.90. The van der Waals surface area contributed by atoms with Crippen molar-refractivity contribution in [3.63, 3.8) is 0 Å². The van der Waals surface area contributed by atoms with Crippen LogP contribution in [0.1, 0.15) is 5.56 Å². The highest BCUT2D eigenvalue weighted by Gasteiger charge is 1.99. The summed E-state index contributed by atoms with van der Waals surface area (Å²) in [5.74, 6) is 3.79. The average Bonchev–Trinajstić information content (AvgIpc) is 2.70. The molecule has 0 unspecified atom stereocenters. The number of hydrogen-bond acceptors (Lipinski definition) is 4. The summed E-state index contributed by atoms with van der Waals surface area (Å²) in [4.78, 5) is 4.37. The molecule has 4 nitrogen and oxygen atoms in total. The van der Waals surface area contributed by atoms with Crippen LogP contribution in [0.25, 0.3) is 5.70 Å². The summed E-state index contributed by atoms with van der Waals surface area (Å²) in [6.07, 6.45) is 0. The van der Waals surface area contributed by atoms with Gasteiger partial charge in [-0.3, -0.25) is 0 Å². The van der Waals surface area contributed by atoms with Crippen molar-refractivity contribution in [2.75, 3.05) is 7.11 Å². The molecule has 0 spiro atoms. The van der Waals surface area contributed by atoms with Crippen molar-refractivity contribution in [3.8, 4) is 5.75 Å². The lowest BCUT2D eigenvalue weighted by Gasteiger charge is -1.99. The van der Waals surface area contributed by atoms with Crippen LogP contribution in [0.15, 0.2) is 100 Å². The zero-order valence-corrected chi connectivity index (χ0v) is 13.8. The van der Waals surface area contributed by atoms with Crippen LogP contribution in [0, 0.1) is 0 Å². The van der Waals surface area contributed by atoms with Gasteiger partial charge in [-0.05, 0) is 36.4 Å². The Bertz CT molecular complexity index is 895. The highest BCUT2D eigenvalue weighted by Crippen LogP contribution is 2.20. The summed E-state index contributed by atoms with van der Waals surface area (Å²) in [6.45, 7) is 0. The molecule has 0 aliphatic heterocycles. The second kappa shape index (κ2) is 8.39. The van der Waals surface area contributed by atoms with Gasteiger partial charge in [0, 0.05) is 11.4 Å². The second-order valence-corrected chi connectivity index (χ2v) is 5.17. The minimum Gasteiger partial charge on any atom is -0.497 e. The molecule has 0 heterocycles. The lowest BCUT2D eigenvalue weighted by molar-refractivity contribution is 0.415. The molecular weight excluding hydrogens is 310 g/mol. The molecule has 0 aliphatic carbocycles. The van der Waals surface area contributed by atoms with Gasteiger partial charge in [-0.15, -0.1) is 10.2 Å². The number of benzene rings is 3. The molecule has 3 aromatic rings. The lowest BCUT2D eigenvalue weighted by atomic mass is 10.2. The van der Waals surface area contributed by atoms with Crippen molar-refractivity contribution >= 4 is 22.9 Å². The van der Waals surface area contributed by atoms with Gasteiger partial charge in [0.2, 0.25) is 0 Å². The van der Waals surface area contributed by atoms with E-state index in [4.69, 9.17) is 4.74 Å². The van der Waals surface area contributed by atoms with Crippen LogP contribution in [0.2, 0.25) is 0 Å². The highest BCUT2D eigenvalue weighted by atomic mass is 16.5. The Morgan fingerprint density at radius 1 is 0.760 bits per heavy atom. The Labute approximate surface area is 146 Å². The van der Waals surface area contributed by atoms with E-state index in [0.29, 0.717) is 5.70 Å². The van der Waals surface area contributed by atoms with Gasteiger partial charge in [0.15, 0.2) is 5.70 Å². The zero-order chi connectivity index (χ0) is 17.3. The van der Waals surface area contributed by atoms with Crippen LogP contribution in [0.4, 0.5) is 11.4 Å². The maximum atomic E-state index is 5.15. The number of aliphatic imine (C=N–C) groups is 1. The fourth-order valence-electron chi connectivity index (χ4n) is 2.12. The van der Waals surface area contributed by atoms with Crippen molar-refractivity contribution in [3.05, 3.63) is 90.5 Å². The van der Waals surface area contributed by atoms with Gasteiger partial charge >= 0.3 is 0 Å². The average molecular weight is 327 g/mol. The Hall–Kier alpha value is -3.49. The topological polar surface area (TPSA) is 46.3 Å². The second-order valence-electron chi connectivity index (χ2n) is 5.17. The first-order valence-electron chi connectivity index (χ1n) is 7.85. The summed E-state index contributed by atoms with van der Waals surface area (Å²) in [5.41, 5.74) is 3.02. The van der Waals surface area contributed by atoms with E-state index in [9.17, 15) is 0 Å². The lowest BCUT2D eigenvalue weighted by Crippen LogP contribution is -1.81. The minimum absolute atomic E-state index is 0.570. The largest absolute Gasteiger partial charge is 0.497 e. The van der Waals surface area contributed by atoms with Crippen LogP contribution >= 0.6 is 0 Å². The third-order valence-electron chi connectivity index (χ3n) is 3.43. The maximum Gasteiger partial charge on any atom is 0.154 e. The molecule has 0 N–H and O–H groups in total. The fraction of sp³-hybridized carbons (Fsp3) is 0.0476. The Kier molecular flexibility index (Phi) is 5.49. The minimum atomic E-state index is 0.570. The van der Waals surface area contributed by atoms with Crippen molar-refractivity contribution in [1.29, 1.82) is 0 Å². The molecule has 0 atom stereocenters.